The van der Waals surface area contributed by atoms with E-state index in [0.29, 0.717) is 12.0 Å². The highest BCUT2D eigenvalue weighted by molar-refractivity contribution is 5.76. The summed E-state index contributed by atoms with van der Waals surface area (Å²) in [4.78, 5) is 15.1. The van der Waals surface area contributed by atoms with Crippen molar-refractivity contribution in [2.75, 3.05) is 13.2 Å². The van der Waals surface area contributed by atoms with Crippen LogP contribution in [0.4, 0.5) is 4.79 Å². The SMILES string of the molecule is Cc1ccc([C@@H]2CCCN2C(=O)N[C@@H]2[C@H]3CCO[C@@H]3C2(C)C)cc1C. The van der Waals surface area contributed by atoms with E-state index in [1.807, 2.05) is 4.90 Å². The van der Waals surface area contributed by atoms with Gasteiger partial charge in [0.2, 0.25) is 0 Å². The number of amides is 2. The summed E-state index contributed by atoms with van der Waals surface area (Å²) in [6, 6.07) is 7.15. The Hall–Kier alpha value is -1.55. The van der Waals surface area contributed by atoms with Crippen molar-refractivity contribution >= 4 is 6.03 Å². The van der Waals surface area contributed by atoms with Crippen LogP contribution in [0.3, 0.4) is 0 Å². The van der Waals surface area contributed by atoms with Gasteiger partial charge in [-0.25, -0.2) is 4.79 Å². The molecule has 0 spiro atoms. The zero-order valence-corrected chi connectivity index (χ0v) is 15.8. The lowest BCUT2D eigenvalue weighted by molar-refractivity contribution is -0.109. The fourth-order valence-electron chi connectivity index (χ4n) is 5.16. The molecule has 1 aliphatic carbocycles. The van der Waals surface area contributed by atoms with Crippen LogP contribution >= 0.6 is 0 Å². The minimum atomic E-state index is 0.0342. The number of urea groups is 1. The van der Waals surface area contributed by atoms with E-state index in [4.69, 9.17) is 4.74 Å². The Labute approximate surface area is 150 Å². The van der Waals surface area contributed by atoms with E-state index in [0.717, 1.165) is 32.4 Å². The molecule has 3 fully saturated rings. The maximum atomic E-state index is 13.0. The number of aryl methyl sites for hydroxylation is 2. The number of nitrogens with zero attached hydrogens (tertiary/aromatic N) is 1. The molecule has 25 heavy (non-hydrogen) atoms. The van der Waals surface area contributed by atoms with Crippen LogP contribution in [0.15, 0.2) is 18.2 Å². The molecule has 2 heterocycles. The molecule has 2 aliphatic heterocycles. The second-order valence-electron chi connectivity index (χ2n) is 8.69. The van der Waals surface area contributed by atoms with Gasteiger partial charge in [0.1, 0.15) is 0 Å². The Morgan fingerprint density at radius 2 is 2.04 bits per heavy atom. The number of hydrogen-bond donors (Lipinski definition) is 1. The Morgan fingerprint density at radius 3 is 2.80 bits per heavy atom. The normalized spacial score (nSPS) is 33.0. The van der Waals surface area contributed by atoms with E-state index in [1.54, 1.807) is 0 Å². The van der Waals surface area contributed by atoms with E-state index in [1.165, 1.54) is 16.7 Å². The van der Waals surface area contributed by atoms with Crippen LogP contribution in [-0.4, -0.2) is 36.2 Å². The van der Waals surface area contributed by atoms with Crippen molar-refractivity contribution in [2.24, 2.45) is 11.3 Å². The lowest BCUT2D eigenvalue weighted by Gasteiger charge is -2.54. The minimum absolute atomic E-state index is 0.0342. The predicted molar refractivity (Wildman–Crippen MR) is 98.5 cm³/mol. The van der Waals surface area contributed by atoms with Crippen LogP contribution in [0, 0.1) is 25.2 Å². The fraction of sp³-hybridized carbons (Fsp3) is 0.667. The minimum Gasteiger partial charge on any atom is -0.377 e. The van der Waals surface area contributed by atoms with Crippen LogP contribution in [0.1, 0.15) is 55.8 Å². The van der Waals surface area contributed by atoms with Crippen molar-refractivity contribution in [1.82, 2.24) is 10.2 Å². The largest absolute Gasteiger partial charge is 0.377 e. The zero-order valence-electron chi connectivity index (χ0n) is 15.8. The summed E-state index contributed by atoms with van der Waals surface area (Å²) in [6.07, 6.45) is 3.51. The lowest BCUT2D eigenvalue weighted by Crippen LogP contribution is -2.67. The molecule has 1 aromatic carbocycles. The molecule has 2 saturated heterocycles. The van der Waals surface area contributed by atoms with Crippen LogP contribution in [0.5, 0.6) is 0 Å². The van der Waals surface area contributed by atoms with E-state index in [-0.39, 0.29) is 23.5 Å². The summed E-state index contributed by atoms with van der Waals surface area (Å²) in [6.45, 7) is 10.4. The molecule has 4 rings (SSSR count). The summed E-state index contributed by atoms with van der Waals surface area (Å²) in [5.74, 6) is 0.488. The van der Waals surface area contributed by atoms with E-state index < -0.39 is 0 Å². The molecule has 0 aromatic heterocycles. The van der Waals surface area contributed by atoms with E-state index in [2.05, 4.69) is 51.2 Å². The van der Waals surface area contributed by atoms with Gasteiger partial charge in [0.15, 0.2) is 0 Å². The molecule has 4 atom stereocenters. The second kappa shape index (κ2) is 6.01. The molecule has 136 valence electrons. The van der Waals surface area contributed by atoms with Crippen LogP contribution in [0.25, 0.3) is 0 Å². The molecule has 2 amide bonds. The van der Waals surface area contributed by atoms with Gasteiger partial charge in [-0.2, -0.15) is 0 Å². The van der Waals surface area contributed by atoms with Crippen LogP contribution < -0.4 is 5.32 Å². The molecular formula is C21H30N2O2. The monoisotopic (exact) mass is 342 g/mol. The Balaban J connectivity index is 1.48. The molecule has 4 nitrogen and oxygen atoms in total. The number of rotatable bonds is 2. The first kappa shape index (κ1) is 16.9. The Bertz CT molecular complexity index is 684. The van der Waals surface area contributed by atoms with Gasteiger partial charge in [-0.1, -0.05) is 32.0 Å². The standard InChI is InChI=1S/C21H30N2O2/c1-13-7-8-15(12-14(13)2)17-6-5-10-23(17)20(24)22-18-16-9-11-25-19(16)21(18,3)4/h7-8,12,16-19H,5-6,9-11H2,1-4H3,(H,22,24)/t16-,17+,18-,19+/m1/s1. The molecule has 4 heteroatoms. The molecule has 0 radical (unpaired) electrons. The zero-order chi connectivity index (χ0) is 17.8. The van der Waals surface area contributed by atoms with Crippen molar-refractivity contribution in [3.8, 4) is 0 Å². The van der Waals surface area contributed by atoms with Crippen molar-refractivity contribution in [2.45, 2.75) is 65.1 Å². The molecule has 0 bridgehead atoms. The van der Waals surface area contributed by atoms with Crippen molar-refractivity contribution in [3.05, 3.63) is 34.9 Å². The molecule has 1 saturated carbocycles. The van der Waals surface area contributed by atoms with Gasteiger partial charge >= 0.3 is 6.03 Å². The predicted octanol–water partition coefficient (Wildman–Crippen LogP) is 3.96. The number of carbonyl (C=O) groups is 1. The highest BCUT2D eigenvalue weighted by Crippen LogP contribution is 2.52. The van der Waals surface area contributed by atoms with Gasteiger partial charge in [0, 0.05) is 30.5 Å². The number of benzene rings is 1. The number of likely N-dealkylation sites (tertiary alicyclic amines) is 1. The number of nitrogens with one attached hydrogen (secondary N) is 1. The summed E-state index contributed by atoms with van der Waals surface area (Å²) in [5, 5.41) is 3.35. The summed E-state index contributed by atoms with van der Waals surface area (Å²) in [5.41, 5.74) is 3.91. The van der Waals surface area contributed by atoms with Gasteiger partial charge in [-0.05, 0) is 49.8 Å². The fourth-order valence-corrected chi connectivity index (χ4v) is 5.16. The average Bonchev–Trinajstić information content (AvgIpc) is 3.23. The maximum Gasteiger partial charge on any atom is 0.318 e. The highest BCUT2D eigenvalue weighted by Gasteiger charge is 2.60. The van der Waals surface area contributed by atoms with Gasteiger partial charge in [0.05, 0.1) is 12.1 Å². The quantitative estimate of drug-likeness (QED) is 0.884. The number of ether oxygens (including phenoxy) is 1. The number of hydrogen-bond acceptors (Lipinski definition) is 2. The Morgan fingerprint density at radius 1 is 1.24 bits per heavy atom. The van der Waals surface area contributed by atoms with E-state index >= 15 is 0 Å². The van der Waals surface area contributed by atoms with Crippen LogP contribution in [0.2, 0.25) is 0 Å². The van der Waals surface area contributed by atoms with Crippen molar-refractivity contribution in [3.63, 3.8) is 0 Å². The Kier molecular flexibility index (Phi) is 4.06. The average molecular weight is 342 g/mol. The number of carbonyl (C=O) groups excluding carboxylic acids is 1. The van der Waals surface area contributed by atoms with Gasteiger partial charge in [-0.3, -0.25) is 0 Å². The number of fused-ring (bicyclic) bond motifs is 1. The molecule has 3 aliphatic rings. The highest BCUT2D eigenvalue weighted by atomic mass is 16.5. The van der Waals surface area contributed by atoms with Gasteiger partial charge in [-0.15, -0.1) is 0 Å². The van der Waals surface area contributed by atoms with Gasteiger partial charge in [0.25, 0.3) is 0 Å². The van der Waals surface area contributed by atoms with E-state index in [9.17, 15) is 4.79 Å². The summed E-state index contributed by atoms with van der Waals surface area (Å²) < 4.78 is 5.85. The molecule has 1 N–H and O–H groups in total. The summed E-state index contributed by atoms with van der Waals surface area (Å²) in [7, 11) is 0. The second-order valence-corrected chi connectivity index (χ2v) is 8.69. The first-order valence-corrected chi connectivity index (χ1v) is 9.65. The topological polar surface area (TPSA) is 41.6 Å². The van der Waals surface area contributed by atoms with Gasteiger partial charge < -0.3 is 15.0 Å². The smallest absolute Gasteiger partial charge is 0.318 e. The van der Waals surface area contributed by atoms with Crippen molar-refractivity contribution < 1.29 is 9.53 Å². The van der Waals surface area contributed by atoms with Crippen molar-refractivity contribution in [1.29, 1.82) is 0 Å². The first-order chi connectivity index (χ1) is 11.9. The third kappa shape index (κ3) is 2.66. The lowest BCUT2D eigenvalue weighted by atomic mass is 9.57. The first-order valence-electron chi connectivity index (χ1n) is 9.65. The molecule has 1 aromatic rings. The maximum absolute atomic E-state index is 13.0. The third-order valence-corrected chi connectivity index (χ3v) is 6.81. The summed E-state index contributed by atoms with van der Waals surface area (Å²) >= 11 is 0. The van der Waals surface area contributed by atoms with Crippen LogP contribution in [-0.2, 0) is 4.74 Å². The molecular weight excluding hydrogens is 312 g/mol. The third-order valence-electron chi connectivity index (χ3n) is 6.81. The molecule has 0 unspecified atom stereocenters.